The summed E-state index contributed by atoms with van der Waals surface area (Å²) >= 11 is 0. The maximum Gasteiger partial charge on any atom is 0.269 e. The molecule has 1 unspecified atom stereocenters. The van der Waals surface area contributed by atoms with Gasteiger partial charge in [-0.25, -0.2) is 0 Å². The molecule has 0 fully saturated rings. The van der Waals surface area contributed by atoms with Gasteiger partial charge in [0.1, 0.15) is 6.04 Å². The van der Waals surface area contributed by atoms with Crippen molar-refractivity contribution in [2.45, 2.75) is 12.5 Å². The Bertz CT molecular complexity index is 650. The van der Waals surface area contributed by atoms with Gasteiger partial charge in [-0.3, -0.25) is 15.4 Å². The van der Waals surface area contributed by atoms with E-state index in [1.54, 1.807) is 12.1 Å². The van der Waals surface area contributed by atoms with E-state index < -0.39 is 11.0 Å². The summed E-state index contributed by atoms with van der Waals surface area (Å²) in [5.41, 5.74) is 1.79. The second-order valence-corrected chi connectivity index (χ2v) is 4.60. The first-order chi connectivity index (χ1) is 10.2. The first kappa shape index (κ1) is 14.7. The van der Waals surface area contributed by atoms with Gasteiger partial charge in [0.15, 0.2) is 0 Å². The molecule has 5 heteroatoms. The molecule has 5 nitrogen and oxygen atoms in total. The molecule has 0 saturated carbocycles. The molecule has 2 aromatic carbocycles. The summed E-state index contributed by atoms with van der Waals surface area (Å²) in [7, 11) is 0. The Balaban J connectivity index is 1.99. The van der Waals surface area contributed by atoms with Crippen LogP contribution in [-0.2, 0) is 6.42 Å². The summed E-state index contributed by atoms with van der Waals surface area (Å²) in [4.78, 5) is 10.3. The Morgan fingerprint density at radius 1 is 1.19 bits per heavy atom. The molecule has 0 amide bonds. The van der Waals surface area contributed by atoms with Crippen molar-refractivity contribution < 1.29 is 4.92 Å². The van der Waals surface area contributed by atoms with Crippen LogP contribution in [0.3, 0.4) is 0 Å². The minimum absolute atomic E-state index is 0.00221. The fourth-order valence-corrected chi connectivity index (χ4v) is 2.06. The number of nitrogens with one attached hydrogen (secondary N) is 1. The molecule has 21 heavy (non-hydrogen) atoms. The molecule has 0 radical (unpaired) electrons. The van der Waals surface area contributed by atoms with Crippen molar-refractivity contribution >= 4 is 5.69 Å². The second-order valence-electron chi connectivity index (χ2n) is 4.60. The molecule has 106 valence electrons. The SMILES string of the molecule is N#CC(NCCc1ccccc1)c1cccc([N+](=O)[O-])c1. The minimum Gasteiger partial charge on any atom is -0.298 e. The van der Waals surface area contributed by atoms with Crippen LogP contribution < -0.4 is 5.32 Å². The normalized spacial score (nSPS) is 11.6. The Morgan fingerprint density at radius 2 is 1.95 bits per heavy atom. The molecule has 0 bridgehead atoms. The number of nitriles is 1. The fourth-order valence-electron chi connectivity index (χ4n) is 2.06. The number of non-ortho nitro benzene ring substituents is 1. The van der Waals surface area contributed by atoms with Gasteiger partial charge < -0.3 is 0 Å². The highest BCUT2D eigenvalue weighted by molar-refractivity contribution is 5.37. The van der Waals surface area contributed by atoms with Gasteiger partial charge in [0, 0.05) is 18.7 Å². The van der Waals surface area contributed by atoms with Crippen LogP contribution in [0.1, 0.15) is 17.2 Å². The van der Waals surface area contributed by atoms with Crippen molar-refractivity contribution in [2.75, 3.05) is 6.54 Å². The molecular formula is C16H15N3O2. The van der Waals surface area contributed by atoms with E-state index in [9.17, 15) is 15.4 Å². The number of nitrogens with zero attached hydrogens (tertiary/aromatic N) is 2. The summed E-state index contributed by atoms with van der Waals surface area (Å²) in [6.07, 6.45) is 0.800. The average molecular weight is 281 g/mol. The van der Waals surface area contributed by atoms with Crippen molar-refractivity contribution in [3.05, 3.63) is 75.8 Å². The van der Waals surface area contributed by atoms with Crippen LogP contribution in [0.2, 0.25) is 0 Å². The van der Waals surface area contributed by atoms with E-state index in [0.717, 1.165) is 6.42 Å². The van der Waals surface area contributed by atoms with Crippen molar-refractivity contribution in [3.63, 3.8) is 0 Å². The molecule has 0 spiro atoms. The lowest BCUT2D eigenvalue weighted by molar-refractivity contribution is -0.384. The third-order valence-corrected chi connectivity index (χ3v) is 3.15. The predicted molar refractivity (Wildman–Crippen MR) is 79.6 cm³/mol. The number of hydrogen-bond acceptors (Lipinski definition) is 4. The largest absolute Gasteiger partial charge is 0.298 e. The van der Waals surface area contributed by atoms with E-state index in [-0.39, 0.29) is 5.69 Å². The number of rotatable bonds is 6. The van der Waals surface area contributed by atoms with Crippen LogP contribution in [0.15, 0.2) is 54.6 Å². The molecule has 0 aromatic heterocycles. The zero-order valence-electron chi connectivity index (χ0n) is 11.4. The van der Waals surface area contributed by atoms with Gasteiger partial charge in [-0.05, 0) is 17.5 Å². The van der Waals surface area contributed by atoms with Crippen molar-refractivity contribution in [2.24, 2.45) is 0 Å². The predicted octanol–water partition coefficient (Wildman–Crippen LogP) is 2.99. The van der Waals surface area contributed by atoms with Gasteiger partial charge in [0.05, 0.1) is 11.0 Å². The van der Waals surface area contributed by atoms with E-state index >= 15 is 0 Å². The number of benzene rings is 2. The summed E-state index contributed by atoms with van der Waals surface area (Å²) in [5, 5.41) is 23.1. The highest BCUT2D eigenvalue weighted by Gasteiger charge is 2.13. The number of nitro benzene ring substituents is 1. The van der Waals surface area contributed by atoms with E-state index in [1.165, 1.54) is 17.7 Å². The highest BCUT2D eigenvalue weighted by Crippen LogP contribution is 2.18. The van der Waals surface area contributed by atoms with Gasteiger partial charge in [-0.2, -0.15) is 5.26 Å². The van der Waals surface area contributed by atoms with Crippen LogP contribution >= 0.6 is 0 Å². The quantitative estimate of drug-likeness (QED) is 0.652. The van der Waals surface area contributed by atoms with Crippen LogP contribution in [0.25, 0.3) is 0 Å². The summed E-state index contributed by atoms with van der Waals surface area (Å²) in [6, 6.07) is 17.7. The van der Waals surface area contributed by atoms with E-state index in [2.05, 4.69) is 11.4 Å². The fraction of sp³-hybridized carbons (Fsp3) is 0.188. The molecule has 0 aliphatic carbocycles. The van der Waals surface area contributed by atoms with Crippen molar-refractivity contribution in [1.29, 1.82) is 5.26 Å². The Labute approximate surface area is 123 Å². The number of hydrogen-bond donors (Lipinski definition) is 1. The molecule has 0 aliphatic rings. The lowest BCUT2D eigenvalue weighted by Crippen LogP contribution is -2.22. The Hall–Kier alpha value is -2.71. The molecule has 1 atom stereocenters. The smallest absolute Gasteiger partial charge is 0.269 e. The van der Waals surface area contributed by atoms with Gasteiger partial charge >= 0.3 is 0 Å². The maximum absolute atomic E-state index is 10.8. The zero-order valence-corrected chi connectivity index (χ0v) is 11.4. The number of nitro groups is 1. The van der Waals surface area contributed by atoms with Crippen LogP contribution in [0.4, 0.5) is 5.69 Å². The zero-order chi connectivity index (χ0) is 15.1. The van der Waals surface area contributed by atoms with Gasteiger partial charge in [0.2, 0.25) is 0 Å². The standard InChI is InChI=1S/C16H15N3O2/c17-12-16(14-7-4-8-15(11-14)19(20)21)18-10-9-13-5-2-1-3-6-13/h1-8,11,16,18H,9-10H2. The van der Waals surface area contributed by atoms with Crippen LogP contribution in [0, 0.1) is 21.4 Å². The van der Waals surface area contributed by atoms with Crippen molar-refractivity contribution in [3.8, 4) is 6.07 Å². The monoisotopic (exact) mass is 281 g/mol. The molecular weight excluding hydrogens is 266 g/mol. The van der Waals surface area contributed by atoms with Gasteiger partial charge in [-0.1, -0.05) is 42.5 Å². The molecule has 0 saturated heterocycles. The van der Waals surface area contributed by atoms with E-state index in [4.69, 9.17) is 0 Å². The van der Waals surface area contributed by atoms with Crippen LogP contribution in [0.5, 0.6) is 0 Å². The summed E-state index contributed by atoms with van der Waals surface area (Å²) in [5.74, 6) is 0. The average Bonchev–Trinajstić information content (AvgIpc) is 2.52. The first-order valence-electron chi connectivity index (χ1n) is 6.62. The van der Waals surface area contributed by atoms with Gasteiger partial charge in [0.25, 0.3) is 5.69 Å². The second kappa shape index (κ2) is 7.17. The summed E-state index contributed by atoms with van der Waals surface area (Å²) < 4.78 is 0. The van der Waals surface area contributed by atoms with Gasteiger partial charge in [-0.15, -0.1) is 0 Å². The van der Waals surface area contributed by atoms with Crippen LogP contribution in [-0.4, -0.2) is 11.5 Å². The third-order valence-electron chi connectivity index (χ3n) is 3.15. The molecule has 0 aliphatic heterocycles. The summed E-state index contributed by atoms with van der Waals surface area (Å²) in [6.45, 7) is 0.630. The molecule has 2 aromatic rings. The maximum atomic E-state index is 10.8. The molecule has 0 heterocycles. The minimum atomic E-state index is -0.548. The molecule has 1 N–H and O–H groups in total. The first-order valence-corrected chi connectivity index (χ1v) is 6.62. The van der Waals surface area contributed by atoms with E-state index in [1.807, 2.05) is 30.3 Å². The van der Waals surface area contributed by atoms with E-state index in [0.29, 0.717) is 12.1 Å². The Kier molecular flexibility index (Phi) is 5.02. The van der Waals surface area contributed by atoms with Crippen molar-refractivity contribution in [1.82, 2.24) is 5.32 Å². The lowest BCUT2D eigenvalue weighted by atomic mass is 10.1. The third kappa shape index (κ3) is 4.13. The topological polar surface area (TPSA) is 79.0 Å². The lowest BCUT2D eigenvalue weighted by Gasteiger charge is -2.11. The molecule has 2 rings (SSSR count). The Morgan fingerprint density at radius 3 is 2.62 bits per heavy atom. The highest BCUT2D eigenvalue weighted by atomic mass is 16.6.